The van der Waals surface area contributed by atoms with E-state index >= 15 is 0 Å². The van der Waals surface area contributed by atoms with Crippen molar-refractivity contribution in [1.29, 1.82) is 0 Å². The molecule has 0 radical (unpaired) electrons. The molecule has 0 atom stereocenters. The van der Waals surface area contributed by atoms with E-state index in [4.69, 9.17) is 5.11 Å². The van der Waals surface area contributed by atoms with Gasteiger partial charge in [-0.1, -0.05) is 25.6 Å². The molecule has 0 aliphatic carbocycles. The number of carboxylic acid groups (broad SMARTS) is 1. The Hall–Kier alpha value is -0.970. The Bertz CT molecular complexity index is 361. The fraction of sp³-hybridized carbons (Fsp3) is 0.636. The molecule has 0 fully saturated rings. The highest BCUT2D eigenvalue weighted by atomic mass is 32.2. The van der Waals surface area contributed by atoms with Crippen molar-refractivity contribution in [2.24, 2.45) is 5.92 Å². The molecule has 0 aliphatic rings. The highest BCUT2D eigenvalue weighted by Gasteiger charge is 2.08. The first kappa shape index (κ1) is 13.1. The molecule has 0 saturated heterocycles. The van der Waals surface area contributed by atoms with Crippen molar-refractivity contribution in [3.05, 3.63) is 11.9 Å². The number of aromatic nitrogens is 2. The third-order valence-electron chi connectivity index (χ3n) is 2.13. The summed E-state index contributed by atoms with van der Waals surface area (Å²) in [7, 11) is 0. The van der Waals surface area contributed by atoms with Crippen molar-refractivity contribution in [2.75, 3.05) is 5.75 Å². The fourth-order valence-corrected chi connectivity index (χ4v) is 2.09. The summed E-state index contributed by atoms with van der Waals surface area (Å²) in [6, 6.07) is 0. The second-order valence-electron chi connectivity index (χ2n) is 4.22. The summed E-state index contributed by atoms with van der Waals surface area (Å²) in [5.41, 5.74) is 0.941. The second-order valence-corrected chi connectivity index (χ2v) is 5.17. The largest absolute Gasteiger partial charge is 0.481 e. The lowest BCUT2D eigenvalue weighted by atomic mass is 10.1. The van der Waals surface area contributed by atoms with E-state index in [-0.39, 0.29) is 5.75 Å². The zero-order chi connectivity index (χ0) is 12.1. The summed E-state index contributed by atoms with van der Waals surface area (Å²) in [5, 5.41) is 9.44. The van der Waals surface area contributed by atoms with E-state index in [0.717, 1.165) is 23.8 Å². The molecule has 1 aromatic heterocycles. The normalized spacial score (nSPS) is 11.0. The van der Waals surface area contributed by atoms with Crippen molar-refractivity contribution in [1.82, 2.24) is 9.55 Å². The molecule has 1 rings (SSSR count). The van der Waals surface area contributed by atoms with Crippen LogP contribution in [0.4, 0.5) is 0 Å². The van der Waals surface area contributed by atoms with Crippen LogP contribution in [0.25, 0.3) is 0 Å². The monoisotopic (exact) mass is 242 g/mol. The van der Waals surface area contributed by atoms with Crippen LogP contribution in [0.5, 0.6) is 0 Å². The van der Waals surface area contributed by atoms with Crippen LogP contribution in [0.3, 0.4) is 0 Å². The van der Waals surface area contributed by atoms with Gasteiger partial charge < -0.3 is 9.67 Å². The van der Waals surface area contributed by atoms with Crippen LogP contribution in [0, 0.1) is 12.8 Å². The highest BCUT2D eigenvalue weighted by Crippen LogP contribution is 2.18. The van der Waals surface area contributed by atoms with E-state index in [1.54, 1.807) is 0 Å². The number of carbonyl (C=O) groups is 1. The van der Waals surface area contributed by atoms with Gasteiger partial charge in [-0.25, -0.2) is 4.98 Å². The molecule has 4 nitrogen and oxygen atoms in total. The zero-order valence-electron chi connectivity index (χ0n) is 9.93. The maximum absolute atomic E-state index is 10.5. The quantitative estimate of drug-likeness (QED) is 0.778. The summed E-state index contributed by atoms with van der Waals surface area (Å²) in [6.45, 7) is 7.18. The molecule has 0 spiro atoms. The minimum absolute atomic E-state index is 0.0676. The Labute approximate surface area is 100 Å². The van der Waals surface area contributed by atoms with Crippen molar-refractivity contribution in [3.8, 4) is 0 Å². The first-order valence-corrected chi connectivity index (χ1v) is 6.36. The third-order valence-corrected chi connectivity index (χ3v) is 3.11. The van der Waals surface area contributed by atoms with E-state index < -0.39 is 5.97 Å². The van der Waals surface area contributed by atoms with Crippen LogP contribution in [-0.4, -0.2) is 26.4 Å². The number of nitrogens with zero attached hydrogens (tertiary/aromatic N) is 2. The first-order chi connectivity index (χ1) is 7.49. The molecule has 0 aliphatic heterocycles. The number of hydrogen-bond donors (Lipinski definition) is 1. The number of rotatable bonds is 6. The van der Waals surface area contributed by atoms with Crippen LogP contribution < -0.4 is 0 Å². The molecule has 1 N–H and O–H groups in total. The molecule has 0 saturated carbocycles. The molecular weight excluding hydrogens is 224 g/mol. The summed E-state index contributed by atoms with van der Waals surface area (Å²) >= 11 is 1.28. The summed E-state index contributed by atoms with van der Waals surface area (Å²) in [5.74, 6) is -0.0981. The molecule has 16 heavy (non-hydrogen) atoms. The van der Waals surface area contributed by atoms with Crippen LogP contribution in [0.2, 0.25) is 0 Å². The molecule has 5 heteroatoms. The zero-order valence-corrected chi connectivity index (χ0v) is 10.8. The third kappa shape index (κ3) is 4.26. The van der Waals surface area contributed by atoms with E-state index in [1.807, 2.05) is 17.7 Å². The number of carboxylic acids is 1. The van der Waals surface area contributed by atoms with Gasteiger partial charge in [0.1, 0.15) is 0 Å². The predicted molar refractivity (Wildman–Crippen MR) is 64.8 cm³/mol. The summed E-state index contributed by atoms with van der Waals surface area (Å²) < 4.78 is 2.04. The molecule has 0 amide bonds. The highest BCUT2D eigenvalue weighted by molar-refractivity contribution is 7.99. The van der Waals surface area contributed by atoms with Gasteiger partial charge >= 0.3 is 5.97 Å². The lowest BCUT2D eigenvalue weighted by Crippen LogP contribution is -2.04. The number of hydrogen-bond acceptors (Lipinski definition) is 3. The van der Waals surface area contributed by atoms with Crippen molar-refractivity contribution >= 4 is 17.7 Å². The Morgan fingerprint density at radius 2 is 2.31 bits per heavy atom. The second kappa shape index (κ2) is 5.94. The summed E-state index contributed by atoms with van der Waals surface area (Å²) in [4.78, 5) is 14.8. The lowest BCUT2D eigenvalue weighted by molar-refractivity contribution is -0.133. The molecule has 0 unspecified atom stereocenters. The van der Waals surface area contributed by atoms with Gasteiger partial charge in [0, 0.05) is 12.7 Å². The number of thioether (sulfide) groups is 1. The Morgan fingerprint density at radius 1 is 1.62 bits per heavy atom. The van der Waals surface area contributed by atoms with E-state index in [2.05, 4.69) is 18.8 Å². The standard InChI is InChI=1S/C11H18N2O2S/c1-8(2)4-5-13-6-9(3)12-11(13)16-7-10(14)15/h6,8H,4-5,7H2,1-3H3,(H,14,15). The average Bonchev–Trinajstić information content (AvgIpc) is 2.52. The van der Waals surface area contributed by atoms with Crippen LogP contribution in [0.15, 0.2) is 11.4 Å². The van der Waals surface area contributed by atoms with Gasteiger partial charge in [-0.2, -0.15) is 0 Å². The van der Waals surface area contributed by atoms with Gasteiger partial charge in [-0.3, -0.25) is 4.79 Å². The molecule has 1 aromatic rings. The van der Waals surface area contributed by atoms with Gasteiger partial charge in [0.2, 0.25) is 0 Å². The van der Waals surface area contributed by atoms with Crippen molar-refractivity contribution in [2.45, 2.75) is 38.9 Å². The predicted octanol–water partition coefficient (Wildman–Crippen LogP) is 2.41. The molecular formula is C11H18N2O2S. The van der Waals surface area contributed by atoms with E-state index in [1.165, 1.54) is 11.8 Å². The van der Waals surface area contributed by atoms with Gasteiger partial charge in [0.15, 0.2) is 5.16 Å². The van der Waals surface area contributed by atoms with Gasteiger partial charge in [-0.05, 0) is 19.3 Å². The number of aryl methyl sites for hydroxylation is 2. The van der Waals surface area contributed by atoms with Gasteiger partial charge in [0.05, 0.1) is 11.4 Å². The maximum Gasteiger partial charge on any atom is 0.313 e. The number of imidazole rings is 1. The van der Waals surface area contributed by atoms with Crippen LogP contribution in [0.1, 0.15) is 26.0 Å². The lowest BCUT2D eigenvalue weighted by Gasteiger charge is -2.08. The van der Waals surface area contributed by atoms with Crippen LogP contribution >= 0.6 is 11.8 Å². The fourth-order valence-electron chi connectivity index (χ4n) is 1.32. The van der Waals surface area contributed by atoms with Gasteiger partial charge in [-0.15, -0.1) is 0 Å². The van der Waals surface area contributed by atoms with E-state index in [0.29, 0.717) is 5.92 Å². The van der Waals surface area contributed by atoms with Crippen molar-refractivity contribution < 1.29 is 9.90 Å². The summed E-state index contributed by atoms with van der Waals surface area (Å²) in [6.07, 6.45) is 3.06. The van der Waals surface area contributed by atoms with Gasteiger partial charge in [0.25, 0.3) is 0 Å². The molecule has 90 valence electrons. The minimum Gasteiger partial charge on any atom is -0.481 e. The Kier molecular flexibility index (Phi) is 4.86. The molecule has 0 bridgehead atoms. The molecule has 0 aromatic carbocycles. The topological polar surface area (TPSA) is 55.1 Å². The Balaban J connectivity index is 2.63. The van der Waals surface area contributed by atoms with Crippen molar-refractivity contribution in [3.63, 3.8) is 0 Å². The Morgan fingerprint density at radius 3 is 2.88 bits per heavy atom. The molecule has 1 heterocycles. The van der Waals surface area contributed by atoms with Crippen LogP contribution in [-0.2, 0) is 11.3 Å². The first-order valence-electron chi connectivity index (χ1n) is 5.37. The maximum atomic E-state index is 10.5. The van der Waals surface area contributed by atoms with E-state index in [9.17, 15) is 4.79 Å². The smallest absolute Gasteiger partial charge is 0.313 e. The number of aliphatic carboxylic acids is 1. The SMILES string of the molecule is Cc1cn(CCC(C)C)c(SCC(=O)O)n1. The minimum atomic E-state index is -0.805. The average molecular weight is 242 g/mol.